The van der Waals surface area contributed by atoms with Crippen LogP contribution in [0.2, 0.25) is 5.02 Å². The molecular formula is C17H15ClN4OS. The van der Waals surface area contributed by atoms with Gasteiger partial charge in [-0.2, -0.15) is 5.10 Å². The van der Waals surface area contributed by atoms with E-state index in [9.17, 15) is 4.79 Å². The largest absolute Gasteiger partial charge is 0.307 e. The van der Waals surface area contributed by atoms with E-state index in [2.05, 4.69) is 15.4 Å². The Morgan fingerprint density at radius 2 is 2.17 bits per heavy atom. The Labute approximate surface area is 148 Å². The first kappa shape index (κ1) is 16.4. The highest BCUT2D eigenvalue weighted by Gasteiger charge is 2.10. The highest BCUT2D eigenvalue weighted by Crippen LogP contribution is 2.20. The lowest BCUT2D eigenvalue weighted by molar-refractivity contribution is -0.111. The molecule has 2 heterocycles. The molecule has 0 saturated heterocycles. The minimum absolute atomic E-state index is 0.246. The number of nitrogens with zero attached hydrogens (tertiary/aromatic N) is 3. The van der Waals surface area contributed by atoms with Crippen molar-refractivity contribution in [1.29, 1.82) is 0 Å². The van der Waals surface area contributed by atoms with Crippen molar-refractivity contribution < 1.29 is 4.79 Å². The zero-order valence-electron chi connectivity index (χ0n) is 13.2. The fourth-order valence-corrected chi connectivity index (χ4v) is 2.94. The molecule has 3 aromatic rings. The van der Waals surface area contributed by atoms with Gasteiger partial charge in [0.1, 0.15) is 5.82 Å². The molecule has 0 saturated carbocycles. The number of halogens is 1. The van der Waals surface area contributed by atoms with Crippen LogP contribution in [-0.4, -0.2) is 20.7 Å². The molecule has 5 nitrogen and oxygen atoms in total. The molecule has 24 heavy (non-hydrogen) atoms. The van der Waals surface area contributed by atoms with Gasteiger partial charge in [-0.1, -0.05) is 17.7 Å². The maximum atomic E-state index is 12.2. The fraction of sp³-hybridized carbons (Fsp3) is 0.118. The molecule has 0 atom stereocenters. The lowest BCUT2D eigenvalue weighted by atomic mass is 10.3. The van der Waals surface area contributed by atoms with E-state index in [0.29, 0.717) is 10.8 Å². The Balaban J connectivity index is 1.80. The summed E-state index contributed by atoms with van der Waals surface area (Å²) in [6, 6.07) is 9.10. The van der Waals surface area contributed by atoms with Gasteiger partial charge in [0.2, 0.25) is 5.91 Å². The molecule has 3 rings (SSSR count). The quantitative estimate of drug-likeness (QED) is 0.709. The third kappa shape index (κ3) is 3.90. The maximum Gasteiger partial charge on any atom is 0.249 e. The van der Waals surface area contributed by atoms with Gasteiger partial charge in [-0.15, -0.1) is 11.3 Å². The van der Waals surface area contributed by atoms with E-state index in [1.807, 2.05) is 31.4 Å². The minimum atomic E-state index is -0.246. The van der Waals surface area contributed by atoms with Gasteiger partial charge in [-0.05, 0) is 38.1 Å². The molecule has 2 aromatic heterocycles. The number of amides is 1. The van der Waals surface area contributed by atoms with Gasteiger partial charge in [0, 0.05) is 22.5 Å². The number of carbonyl (C=O) groups is 1. The van der Waals surface area contributed by atoms with Crippen LogP contribution in [0.3, 0.4) is 0 Å². The fourth-order valence-electron chi connectivity index (χ4n) is 2.18. The Hall–Kier alpha value is -2.44. The van der Waals surface area contributed by atoms with Gasteiger partial charge >= 0.3 is 0 Å². The number of rotatable bonds is 4. The summed E-state index contributed by atoms with van der Waals surface area (Å²) in [6.07, 6.45) is 3.14. The Morgan fingerprint density at radius 3 is 2.88 bits per heavy atom. The number of aromatic nitrogens is 3. The molecule has 0 spiro atoms. The van der Waals surface area contributed by atoms with Crippen LogP contribution in [0.15, 0.2) is 41.8 Å². The molecule has 0 aliphatic carbocycles. The van der Waals surface area contributed by atoms with E-state index in [1.165, 1.54) is 6.08 Å². The summed E-state index contributed by atoms with van der Waals surface area (Å²) in [7, 11) is 0. The van der Waals surface area contributed by atoms with Gasteiger partial charge in [-0.3, -0.25) is 4.79 Å². The van der Waals surface area contributed by atoms with Crippen molar-refractivity contribution in [2.45, 2.75) is 13.8 Å². The van der Waals surface area contributed by atoms with Crippen LogP contribution in [0.1, 0.15) is 16.4 Å². The second-order valence-electron chi connectivity index (χ2n) is 5.18. The number of carbonyl (C=O) groups excluding carboxylic acids is 1. The molecule has 0 aliphatic rings. The highest BCUT2D eigenvalue weighted by atomic mass is 35.5. The summed E-state index contributed by atoms with van der Waals surface area (Å²) in [5.41, 5.74) is 2.35. The Bertz CT molecular complexity index is 913. The van der Waals surface area contributed by atoms with E-state index in [0.717, 1.165) is 22.1 Å². The molecule has 122 valence electrons. The van der Waals surface area contributed by atoms with Crippen LogP contribution in [0.4, 0.5) is 5.82 Å². The number of hydrogen-bond acceptors (Lipinski definition) is 4. The van der Waals surface area contributed by atoms with Crippen LogP contribution in [0.25, 0.3) is 11.8 Å². The molecule has 0 fully saturated rings. The average molecular weight is 359 g/mol. The Morgan fingerprint density at radius 1 is 1.33 bits per heavy atom. The summed E-state index contributed by atoms with van der Waals surface area (Å²) in [6.45, 7) is 3.79. The van der Waals surface area contributed by atoms with E-state index in [1.54, 1.807) is 40.3 Å². The van der Waals surface area contributed by atoms with Crippen LogP contribution in [-0.2, 0) is 4.79 Å². The monoisotopic (exact) mass is 358 g/mol. The highest BCUT2D eigenvalue weighted by molar-refractivity contribution is 7.09. The second-order valence-corrected chi connectivity index (χ2v) is 6.68. The van der Waals surface area contributed by atoms with E-state index < -0.39 is 0 Å². The predicted octanol–water partition coefficient (Wildman–Crippen LogP) is 4.25. The summed E-state index contributed by atoms with van der Waals surface area (Å²) in [5, 5.41) is 10.7. The first-order chi connectivity index (χ1) is 11.5. The van der Waals surface area contributed by atoms with Crippen molar-refractivity contribution in [1.82, 2.24) is 14.8 Å². The smallest absolute Gasteiger partial charge is 0.249 e. The minimum Gasteiger partial charge on any atom is -0.307 e. The van der Waals surface area contributed by atoms with Gasteiger partial charge in [0.25, 0.3) is 0 Å². The number of aryl methyl sites for hydroxylation is 2. The topological polar surface area (TPSA) is 59.8 Å². The average Bonchev–Trinajstić information content (AvgIpc) is 3.11. The maximum absolute atomic E-state index is 12.2. The molecule has 1 N–H and O–H groups in total. The molecule has 1 aromatic carbocycles. The van der Waals surface area contributed by atoms with Crippen molar-refractivity contribution in [3.63, 3.8) is 0 Å². The van der Waals surface area contributed by atoms with Gasteiger partial charge in [0.15, 0.2) is 0 Å². The summed E-state index contributed by atoms with van der Waals surface area (Å²) in [5.74, 6) is 0.336. The SMILES string of the molecule is Cc1cc(NC(=O)/C=C/c2csc(C)n2)n(-c2cccc(Cl)c2)n1. The van der Waals surface area contributed by atoms with Crippen molar-refractivity contribution in [3.05, 3.63) is 63.2 Å². The number of anilines is 1. The van der Waals surface area contributed by atoms with Crippen LogP contribution in [0.5, 0.6) is 0 Å². The van der Waals surface area contributed by atoms with Crippen LogP contribution < -0.4 is 5.32 Å². The third-order valence-electron chi connectivity index (χ3n) is 3.18. The van der Waals surface area contributed by atoms with Crippen molar-refractivity contribution >= 4 is 40.7 Å². The van der Waals surface area contributed by atoms with Crippen molar-refractivity contribution in [2.24, 2.45) is 0 Å². The lowest BCUT2D eigenvalue weighted by Crippen LogP contribution is -2.12. The molecule has 0 aliphatic heterocycles. The van der Waals surface area contributed by atoms with Gasteiger partial charge in [0.05, 0.1) is 22.1 Å². The van der Waals surface area contributed by atoms with Gasteiger partial charge in [-0.25, -0.2) is 9.67 Å². The Kier molecular flexibility index (Phi) is 4.78. The van der Waals surface area contributed by atoms with Crippen molar-refractivity contribution in [3.8, 4) is 5.69 Å². The van der Waals surface area contributed by atoms with Crippen LogP contribution >= 0.6 is 22.9 Å². The molecule has 0 unspecified atom stereocenters. The summed E-state index contributed by atoms with van der Waals surface area (Å²) in [4.78, 5) is 16.5. The number of nitrogens with one attached hydrogen (secondary N) is 1. The third-order valence-corrected chi connectivity index (χ3v) is 4.20. The summed E-state index contributed by atoms with van der Waals surface area (Å²) < 4.78 is 1.65. The zero-order valence-corrected chi connectivity index (χ0v) is 14.7. The van der Waals surface area contributed by atoms with Crippen molar-refractivity contribution in [2.75, 3.05) is 5.32 Å². The molecule has 1 amide bonds. The number of benzene rings is 1. The predicted molar refractivity (Wildman–Crippen MR) is 97.8 cm³/mol. The van der Waals surface area contributed by atoms with Gasteiger partial charge < -0.3 is 5.32 Å². The normalized spacial score (nSPS) is 11.1. The molecule has 7 heteroatoms. The van der Waals surface area contributed by atoms with E-state index in [4.69, 9.17) is 11.6 Å². The standard InChI is InChI=1S/C17H15ClN4OS/c1-11-8-16(22(21-11)15-5-3-4-13(18)9-15)20-17(23)7-6-14-10-24-12(2)19-14/h3-10H,1-2H3,(H,20,23)/b7-6+. The molecule has 0 bridgehead atoms. The number of thiazole rings is 1. The van der Waals surface area contributed by atoms with Crippen LogP contribution in [0, 0.1) is 13.8 Å². The van der Waals surface area contributed by atoms with E-state index in [-0.39, 0.29) is 5.91 Å². The first-order valence-electron chi connectivity index (χ1n) is 7.25. The molecular weight excluding hydrogens is 344 g/mol. The van der Waals surface area contributed by atoms with E-state index >= 15 is 0 Å². The lowest BCUT2D eigenvalue weighted by Gasteiger charge is -2.07. The first-order valence-corrected chi connectivity index (χ1v) is 8.51. The zero-order chi connectivity index (χ0) is 17.1. The molecule has 0 radical (unpaired) electrons. The second kappa shape index (κ2) is 6.98. The number of hydrogen-bond donors (Lipinski definition) is 1. The summed E-state index contributed by atoms with van der Waals surface area (Å²) >= 11 is 7.58.